The Hall–Kier alpha value is -6.32. The molecule has 0 aromatic heterocycles. The van der Waals surface area contributed by atoms with Crippen molar-refractivity contribution in [3.8, 4) is 50.3 Å². The van der Waals surface area contributed by atoms with Crippen molar-refractivity contribution in [2.24, 2.45) is 0 Å². The molecule has 6 rings (SSSR count). The van der Waals surface area contributed by atoms with Gasteiger partial charge in [0.25, 0.3) is 0 Å². The van der Waals surface area contributed by atoms with Crippen LogP contribution in [0.25, 0.3) is 44.5 Å². The fourth-order valence-electron chi connectivity index (χ4n) is 8.13. The smallest absolute Gasteiger partial charge is 0.200 e. The first-order valence-corrected chi connectivity index (χ1v) is 21.7. The first-order valence-electron chi connectivity index (χ1n) is 21.7. The van der Waals surface area contributed by atoms with E-state index < -0.39 is 191 Å². The van der Waals surface area contributed by atoms with Crippen LogP contribution in [-0.4, -0.2) is 11.2 Å². The van der Waals surface area contributed by atoms with Gasteiger partial charge in [-0.2, -0.15) is 0 Å². The third-order valence-electron chi connectivity index (χ3n) is 11.7. The Balaban J connectivity index is 1.83. The number of rotatable bonds is 19. The van der Waals surface area contributed by atoms with Gasteiger partial charge in [-0.25, -0.2) is 87.8 Å². The summed E-state index contributed by atoms with van der Waals surface area (Å²) in [5, 5.41) is 11.7. The van der Waals surface area contributed by atoms with Crippen molar-refractivity contribution in [2.75, 3.05) is 0 Å². The first kappa shape index (κ1) is 55.0. The lowest BCUT2D eigenvalue weighted by atomic mass is 9.83. The van der Waals surface area contributed by atoms with Crippen LogP contribution < -0.4 is 4.74 Å². The van der Waals surface area contributed by atoms with Gasteiger partial charge in [-0.15, -0.1) is 0 Å². The van der Waals surface area contributed by atoms with E-state index in [1.54, 1.807) is 0 Å². The maximum Gasteiger partial charge on any atom is 0.200 e. The zero-order chi connectivity index (χ0) is 53.2. The molecule has 0 radical (unpaired) electrons. The number of halogens is 20. The van der Waals surface area contributed by atoms with E-state index in [1.165, 1.54) is 0 Å². The molecule has 0 amide bonds. The second kappa shape index (κ2) is 22.6. The second-order valence-corrected chi connectivity index (χ2v) is 16.3. The van der Waals surface area contributed by atoms with Crippen molar-refractivity contribution >= 4 is 0 Å². The number of aliphatic hydroxyl groups is 1. The monoisotopic (exact) mass is 1050 g/mol. The van der Waals surface area contributed by atoms with Crippen molar-refractivity contribution < 1.29 is 97.7 Å². The van der Waals surface area contributed by atoms with Gasteiger partial charge >= 0.3 is 0 Å². The third kappa shape index (κ3) is 10.1. The first-order chi connectivity index (χ1) is 34.0. The standard InChI is InChI=1S/C50H34F20O2/c1-2-3-4-5-6-7-8-9-10-14-17-22(71)49(28-35(57)43(65)48(70)44(66)36(28)58)72-50-23(26-31(53)39(61)46(68)40(62)32(26)54)20(19-15-12-11-13-16-19)18-21(25-29(51)37(59)45(67)38(60)30(25)52)24(50)27-33(55)41(63)47(69)42(64)34(27)56/h11-13,15-16,18,22,49,71H,2-10,14,17H2,1H3. The quantitative estimate of drug-likeness (QED) is 0.0379. The van der Waals surface area contributed by atoms with Gasteiger partial charge in [-0.3, -0.25) is 0 Å². The van der Waals surface area contributed by atoms with Crippen LogP contribution in [0.2, 0.25) is 0 Å². The molecule has 0 saturated carbocycles. The molecule has 0 aliphatic heterocycles. The lowest BCUT2D eigenvalue weighted by molar-refractivity contribution is 0.0236. The Bertz CT molecular complexity index is 2920. The predicted molar refractivity (Wildman–Crippen MR) is 220 cm³/mol. The third-order valence-corrected chi connectivity index (χ3v) is 11.7. The van der Waals surface area contributed by atoms with Gasteiger partial charge in [-0.1, -0.05) is 101 Å². The molecule has 22 heteroatoms. The summed E-state index contributed by atoms with van der Waals surface area (Å²) in [4.78, 5) is 0. The van der Waals surface area contributed by atoms with E-state index in [2.05, 4.69) is 0 Å². The maximum absolute atomic E-state index is 16.4. The predicted octanol–water partition coefficient (Wildman–Crippen LogP) is 16.9. The molecule has 386 valence electrons. The van der Waals surface area contributed by atoms with E-state index in [-0.39, 0.29) is 18.9 Å². The summed E-state index contributed by atoms with van der Waals surface area (Å²) in [7, 11) is 0. The van der Waals surface area contributed by atoms with Gasteiger partial charge in [-0.05, 0) is 23.6 Å². The highest BCUT2D eigenvalue weighted by Gasteiger charge is 2.42. The van der Waals surface area contributed by atoms with Gasteiger partial charge in [0.05, 0.1) is 28.4 Å². The molecule has 0 bridgehead atoms. The number of hydrogen-bond donors (Lipinski definition) is 1. The molecule has 72 heavy (non-hydrogen) atoms. The topological polar surface area (TPSA) is 29.5 Å². The number of unbranched alkanes of at least 4 members (excludes halogenated alkanes) is 9. The van der Waals surface area contributed by atoms with E-state index >= 15 is 70.2 Å². The van der Waals surface area contributed by atoms with Crippen molar-refractivity contribution in [3.05, 3.63) is 158 Å². The fourth-order valence-corrected chi connectivity index (χ4v) is 8.13. The molecule has 0 saturated heterocycles. The average molecular weight is 1050 g/mol. The van der Waals surface area contributed by atoms with E-state index in [9.17, 15) is 22.7 Å². The fraction of sp³-hybridized carbons (Fsp3) is 0.280. The molecule has 0 spiro atoms. The number of hydrogen-bond acceptors (Lipinski definition) is 2. The molecule has 2 nitrogen and oxygen atoms in total. The van der Waals surface area contributed by atoms with Gasteiger partial charge in [0.2, 0.25) is 23.3 Å². The molecule has 0 aliphatic carbocycles. The van der Waals surface area contributed by atoms with E-state index in [0.717, 1.165) is 62.4 Å². The molecular weight excluding hydrogens is 1010 g/mol. The summed E-state index contributed by atoms with van der Waals surface area (Å²) < 4.78 is 316. The molecule has 6 aromatic carbocycles. The van der Waals surface area contributed by atoms with Crippen molar-refractivity contribution in [1.82, 2.24) is 0 Å². The normalized spacial score (nSPS) is 12.5. The Morgan fingerprint density at radius 1 is 0.361 bits per heavy atom. The second-order valence-electron chi connectivity index (χ2n) is 16.3. The maximum atomic E-state index is 16.4. The van der Waals surface area contributed by atoms with Crippen LogP contribution in [0.3, 0.4) is 0 Å². The Kier molecular flexibility index (Phi) is 17.3. The van der Waals surface area contributed by atoms with Crippen LogP contribution in [-0.2, 0) is 0 Å². The van der Waals surface area contributed by atoms with Crippen molar-refractivity contribution in [2.45, 2.75) is 89.8 Å². The Labute approximate surface area is 395 Å². The molecule has 2 atom stereocenters. The van der Waals surface area contributed by atoms with Crippen molar-refractivity contribution in [1.29, 1.82) is 0 Å². The summed E-state index contributed by atoms with van der Waals surface area (Å²) in [5.74, 6) is -61.8. The minimum atomic E-state index is -3.44. The average Bonchev–Trinajstić information content (AvgIpc) is 3.37. The van der Waals surface area contributed by atoms with E-state index in [4.69, 9.17) is 4.74 Å². The SMILES string of the molecule is CCCCCCCCCCCCC(O)C(Oc1c(-c2c(F)c(F)c(F)c(F)c2F)c(-c2ccccc2)cc(-c2c(F)c(F)c(F)c(F)c2F)c1-c1c(F)c(F)c(F)c(F)c1F)c1c(F)c(F)c(F)c(F)c1F. The zero-order valence-electron chi connectivity index (χ0n) is 36.8. The Morgan fingerprint density at radius 3 is 1.07 bits per heavy atom. The van der Waals surface area contributed by atoms with Gasteiger partial charge in [0.15, 0.2) is 99.2 Å². The van der Waals surface area contributed by atoms with Crippen LogP contribution in [0.15, 0.2) is 36.4 Å². The number of ether oxygens (including phenoxy) is 1. The van der Waals surface area contributed by atoms with Gasteiger partial charge < -0.3 is 9.84 Å². The minimum Gasteiger partial charge on any atom is -0.481 e. The van der Waals surface area contributed by atoms with Gasteiger partial charge in [0.1, 0.15) is 5.75 Å². The Morgan fingerprint density at radius 2 is 0.681 bits per heavy atom. The lowest BCUT2D eigenvalue weighted by Crippen LogP contribution is -2.28. The highest BCUT2D eigenvalue weighted by molar-refractivity contribution is 6.01. The molecule has 0 fully saturated rings. The lowest BCUT2D eigenvalue weighted by Gasteiger charge is -2.31. The molecule has 0 aliphatic rings. The summed E-state index contributed by atoms with van der Waals surface area (Å²) in [6, 6.07) is 4.67. The van der Waals surface area contributed by atoms with Crippen molar-refractivity contribution in [3.63, 3.8) is 0 Å². The largest absolute Gasteiger partial charge is 0.481 e. The van der Waals surface area contributed by atoms with Crippen LogP contribution >= 0.6 is 0 Å². The number of benzene rings is 6. The summed E-state index contributed by atoms with van der Waals surface area (Å²) in [6.07, 6.45) is -1.20. The van der Waals surface area contributed by atoms with Crippen LogP contribution in [0.4, 0.5) is 87.8 Å². The highest BCUT2D eigenvalue weighted by atomic mass is 19.2. The van der Waals surface area contributed by atoms with Gasteiger partial charge in [0, 0.05) is 16.7 Å². The molecular formula is C50H34F20O2. The molecule has 2 unspecified atom stereocenters. The molecule has 0 heterocycles. The summed E-state index contributed by atoms with van der Waals surface area (Å²) in [6.45, 7) is 1.99. The van der Waals surface area contributed by atoms with Crippen LogP contribution in [0, 0.1) is 116 Å². The summed E-state index contributed by atoms with van der Waals surface area (Å²) in [5.41, 5.74) is -18.3. The minimum absolute atomic E-state index is 0.0606. The highest BCUT2D eigenvalue weighted by Crippen LogP contribution is 2.56. The zero-order valence-corrected chi connectivity index (χ0v) is 36.8. The number of aliphatic hydroxyl groups excluding tert-OH is 1. The van der Waals surface area contributed by atoms with Crippen LogP contribution in [0.1, 0.15) is 89.2 Å². The molecule has 1 N–H and O–H groups in total. The summed E-state index contributed by atoms with van der Waals surface area (Å²) >= 11 is 0. The van der Waals surface area contributed by atoms with Crippen LogP contribution in [0.5, 0.6) is 5.75 Å². The molecule has 6 aromatic rings. The van der Waals surface area contributed by atoms with E-state index in [0.29, 0.717) is 19.3 Å². The van der Waals surface area contributed by atoms with E-state index in [1.807, 2.05) is 6.92 Å².